The predicted molar refractivity (Wildman–Crippen MR) is 110 cm³/mol. The lowest BCUT2D eigenvalue weighted by Crippen LogP contribution is -2.47. The molecule has 0 fully saturated rings. The second-order valence-electron chi connectivity index (χ2n) is 7.16. The van der Waals surface area contributed by atoms with Gasteiger partial charge in [0.2, 0.25) is 0 Å². The lowest BCUT2D eigenvalue weighted by atomic mass is 9.69. The van der Waals surface area contributed by atoms with Gasteiger partial charge in [0.15, 0.2) is 15.6 Å². The normalized spacial score (nSPS) is 25.0. The SMILES string of the molecule is CS(=O)(=O)C1=CC=C(C(=O)O)C(Cl)C1(COc1ccccc1)C1=CC(=O)CCC1. The van der Waals surface area contributed by atoms with Crippen LogP contribution in [0.5, 0.6) is 5.75 Å². The number of rotatable bonds is 6. The number of carbonyl (C=O) groups is 2. The van der Waals surface area contributed by atoms with Gasteiger partial charge in [0.05, 0.1) is 21.3 Å². The number of ketones is 1. The Kier molecular flexibility index (Phi) is 6.00. The second-order valence-corrected chi connectivity index (χ2v) is 9.58. The Bertz CT molecular complexity index is 1020. The van der Waals surface area contributed by atoms with Crippen molar-refractivity contribution in [3.05, 3.63) is 64.6 Å². The molecule has 0 bridgehead atoms. The van der Waals surface area contributed by atoms with Crippen LogP contribution in [0.25, 0.3) is 0 Å². The Hall–Kier alpha value is -2.38. The monoisotopic (exact) mass is 436 g/mol. The van der Waals surface area contributed by atoms with Crippen molar-refractivity contribution >= 4 is 33.2 Å². The van der Waals surface area contributed by atoms with Gasteiger partial charge in [-0.15, -0.1) is 11.6 Å². The van der Waals surface area contributed by atoms with E-state index in [4.69, 9.17) is 16.3 Å². The number of sulfone groups is 1. The molecule has 0 radical (unpaired) electrons. The van der Waals surface area contributed by atoms with E-state index in [2.05, 4.69) is 0 Å². The summed E-state index contributed by atoms with van der Waals surface area (Å²) in [5.74, 6) is -0.910. The number of carbonyl (C=O) groups excluding carboxylic acids is 1. The largest absolute Gasteiger partial charge is 0.492 e. The first-order chi connectivity index (χ1) is 13.7. The smallest absolute Gasteiger partial charge is 0.333 e. The maximum Gasteiger partial charge on any atom is 0.333 e. The number of para-hydroxylation sites is 1. The molecule has 3 rings (SSSR count). The number of alkyl halides is 1. The van der Waals surface area contributed by atoms with Crippen molar-refractivity contribution in [1.82, 2.24) is 0 Å². The van der Waals surface area contributed by atoms with E-state index in [1.807, 2.05) is 6.07 Å². The van der Waals surface area contributed by atoms with Crippen LogP contribution in [0.1, 0.15) is 19.3 Å². The highest BCUT2D eigenvalue weighted by Gasteiger charge is 2.53. The van der Waals surface area contributed by atoms with Gasteiger partial charge in [-0.25, -0.2) is 13.2 Å². The van der Waals surface area contributed by atoms with Gasteiger partial charge in [-0.2, -0.15) is 0 Å². The summed E-state index contributed by atoms with van der Waals surface area (Å²) in [5, 5.41) is 8.38. The van der Waals surface area contributed by atoms with E-state index in [0.717, 1.165) is 6.26 Å². The molecule has 0 amide bonds. The fraction of sp³-hybridized carbons (Fsp3) is 0.333. The standard InChI is InChI=1S/C21H21ClO6S/c1-29(26,27)18-11-10-17(20(24)25)19(22)21(18,14-6-5-7-15(23)12-14)13-28-16-8-3-2-4-9-16/h2-4,8-12,19H,5-7,13H2,1H3,(H,24,25). The zero-order chi connectivity index (χ0) is 21.2. The Morgan fingerprint density at radius 1 is 1.24 bits per heavy atom. The van der Waals surface area contributed by atoms with Crippen molar-refractivity contribution in [3.63, 3.8) is 0 Å². The first-order valence-electron chi connectivity index (χ1n) is 9.08. The van der Waals surface area contributed by atoms with E-state index in [9.17, 15) is 23.1 Å². The molecule has 1 N–H and O–H groups in total. The molecule has 2 aliphatic rings. The van der Waals surface area contributed by atoms with Gasteiger partial charge in [-0.3, -0.25) is 4.79 Å². The van der Waals surface area contributed by atoms with Crippen LogP contribution >= 0.6 is 11.6 Å². The van der Waals surface area contributed by atoms with E-state index < -0.39 is 26.6 Å². The molecule has 0 saturated heterocycles. The third kappa shape index (κ3) is 4.16. The molecule has 8 heteroatoms. The minimum absolute atomic E-state index is 0.0492. The van der Waals surface area contributed by atoms with E-state index in [1.54, 1.807) is 24.3 Å². The number of allylic oxidation sites excluding steroid dienone is 3. The number of carboxylic acids is 1. The summed E-state index contributed by atoms with van der Waals surface area (Å²) < 4.78 is 31.3. The highest BCUT2D eigenvalue weighted by Crippen LogP contribution is 2.51. The average Bonchev–Trinajstić information content (AvgIpc) is 2.66. The van der Waals surface area contributed by atoms with Crippen molar-refractivity contribution < 1.29 is 27.9 Å². The van der Waals surface area contributed by atoms with Crippen molar-refractivity contribution in [2.75, 3.05) is 12.9 Å². The van der Waals surface area contributed by atoms with Crippen LogP contribution in [0, 0.1) is 5.41 Å². The minimum atomic E-state index is -3.78. The van der Waals surface area contributed by atoms with Crippen LogP contribution in [0.3, 0.4) is 0 Å². The summed E-state index contributed by atoms with van der Waals surface area (Å²) in [7, 11) is -3.78. The van der Waals surface area contributed by atoms with Crippen LogP contribution in [0.4, 0.5) is 0 Å². The molecule has 0 saturated carbocycles. The van der Waals surface area contributed by atoms with Crippen molar-refractivity contribution in [1.29, 1.82) is 0 Å². The van der Waals surface area contributed by atoms with Gasteiger partial charge in [0.1, 0.15) is 12.4 Å². The maximum atomic E-state index is 12.7. The van der Waals surface area contributed by atoms with Crippen LogP contribution < -0.4 is 4.74 Å². The fourth-order valence-corrected chi connectivity index (χ4v) is 5.67. The molecule has 1 aromatic carbocycles. The van der Waals surface area contributed by atoms with Gasteiger partial charge in [-0.1, -0.05) is 23.8 Å². The molecule has 0 spiro atoms. The van der Waals surface area contributed by atoms with Crippen LogP contribution in [0.2, 0.25) is 0 Å². The van der Waals surface area contributed by atoms with E-state index in [-0.39, 0.29) is 22.9 Å². The topological polar surface area (TPSA) is 97.7 Å². The Morgan fingerprint density at radius 2 is 1.93 bits per heavy atom. The number of ether oxygens (including phenoxy) is 1. The van der Waals surface area contributed by atoms with E-state index >= 15 is 0 Å². The molecular weight excluding hydrogens is 416 g/mol. The summed E-state index contributed by atoms with van der Waals surface area (Å²) in [6.45, 7) is -0.214. The van der Waals surface area contributed by atoms with Crippen LogP contribution in [-0.2, 0) is 19.4 Å². The summed E-state index contributed by atoms with van der Waals surface area (Å²) in [6, 6.07) is 8.75. The number of halogens is 1. The fourth-order valence-electron chi connectivity index (χ4n) is 3.84. The number of hydrogen-bond acceptors (Lipinski definition) is 5. The van der Waals surface area contributed by atoms with Gasteiger partial charge in [0, 0.05) is 12.7 Å². The van der Waals surface area contributed by atoms with Crippen LogP contribution in [0.15, 0.2) is 64.6 Å². The van der Waals surface area contributed by atoms with E-state index in [0.29, 0.717) is 30.6 Å². The minimum Gasteiger partial charge on any atom is -0.492 e. The zero-order valence-electron chi connectivity index (χ0n) is 15.8. The van der Waals surface area contributed by atoms with Crippen molar-refractivity contribution in [2.24, 2.45) is 5.41 Å². The van der Waals surface area contributed by atoms with Crippen molar-refractivity contribution in [3.8, 4) is 5.75 Å². The molecule has 0 aromatic heterocycles. The third-order valence-corrected chi connectivity index (χ3v) is 7.10. The molecule has 2 aliphatic carbocycles. The third-order valence-electron chi connectivity index (χ3n) is 5.19. The number of carboxylic acid groups (broad SMARTS) is 1. The highest BCUT2D eigenvalue weighted by molar-refractivity contribution is 7.94. The molecule has 29 heavy (non-hydrogen) atoms. The number of hydrogen-bond donors (Lipinski definition) is 1. The zero-order valence-corrected chi connectivity index (χ0v) is 17.4. The van der Waals surface area contributed by atoms with Crippen molar-refractivity contribution in [2.45, 2.75) is 24.6 Å². The summed E-state index contributed by atoms with van der Waals surface area (Å²) >= 11 is 6.66. The molecule has 2 unspecified atom stereocenters. The Labute approximate surface area is 174 Å². The molecule has 1 aromatic rings. The summed E-state index contributed by atoms with van der Waals surface area (Å²) in [5.41, 5.74) is -1.16. The number of benzene rings is 1. The molecule has 6 nitrogen and oxygen atoms in total. The molecule has 0 heterocycles. The molecular formula is C21H21ClO6S. The molecule has 0 aliphatic heterocycles. The van der Waals surface area contributed by atoms with Crippen LogP contribution in [-0.4, -0.2) is 43.5 Å². The number of aliphatic carboxylic acids is 1. The lowest BCUT2D eigenvalue weighted by Gasteiger charge is -2.43. The highest BCUT2D eigenvalue weighted by atomic mass is 35.5. The van der Waals surface area contributed by atoms with Gasteiger partial charge >= 0.3 is 5.97 Å². The van der Waals surface area contributed by atoms with Gasteiger partial charge in [0.25, 0.3) is 0 Å². The summed E-state index contributed by atoms with van der Waals surface area (Å²) in [4.78, 5) is 23.9. The Balaban J connectivity index is 2.20. The quantitative estimate of drug-likeness (QED) is 0.687. The summed E-state index contributed by atoms with van der Waals surface area (Å²) in [6.07, 6.45) is 6.23. The van der Waals surface area contributed by atoms with E-state index in [1.165, 1.54) is 18.2 Å². The lowest BCUT2D eigenvalue weighted by molar-refractivity contribution is -0.133. The molecule has 154 valence electrons. The van der Waals surface area contributed by atoms with Gasteiger partial charge in [-0.05, 0) is 43.2 Å². The molecule has 2 atom stereocenters. The Morgan fingerprint density at radius 3 is 2.52 bits per heavy atom. The predicted octanol–water partition coefficient (Wildman–Crippen LogP) is 3.29. The van der Waals surface area contributed by atoms with Gasteiger partial charge < -0.3 is 9.84 Å². The second kappa shape index (κ2) is 8.16. The first-order valence-corrected chi connectivity index (χ1v) is 11.4. The average molecular weight is 437 g/mol. The first kappa shape index (κ1) is 21.3. The maximum absolute atomic E-state index is 12.7.